The van der Waals surface area contributed by atoms with Crippen molar-refractivity contribution >= 4 is 17.4 Å². The number of aryl methyl sites for hydroxylation is 1. The van der Waals surface area contributed by atoms with Crippen LogP contribution in [0.4, 0.5) is 5.82 Å². The predicted octanol–water partition coefficient (Wildman–Crippen LogP) is 3.75. The van der Waals surface area contributed by atoms with E-state index in [0.29, 0.717) is 5.02 Å². The smallest absolute Gasteiger partial charge is 0.133 e. The number of benzene rings is 1. The zero-order valence-corrected chi connectivity index (χ0v) is 10.0. The standard InChI is InChI=1S/C13H13ClN2/c1-9-3-5-10(6-4-9)12-7-11(14)8-16-13(12)15-2/h3-8H,1-2H3,(H,15,16). The average molecular weight is 233 g/mol. The molecule has 0 aliphatic heterocycles. The highest BCUT2D eigenvalue weighted by Gasteiger charge is 2.05. The van der Waals surface area contributed by atoms with Crippen molar-refractivity contribution in [2.75, 3.05) is 12.4 Å². The van der Waals surface area contributed by atoms with Crippen molar-refractivity contribution in [3.63, 3.8) is 0 Å². The molecule has 1 aromatic carbocycles. The van der Waals surface area contributed by atoms with Crippen LogP contribution in [0.15, 0.2) is 36.5 Å². The SMILES string of the molecule is CNc1ncc(Cl)cc1-c1ccc(C)cc1. The van der Waals surface area contributed by atoms with Gasteiger partial charge in [-0.15, -0.1) is 0 Å². The van der Waals surface area contributed by atoms with Crippen LogP contribution in [0, 0.1) is 6.92 Å². The Kier molecular flexibility index (Phi) is 3.11. The van der Waals surface area contributed by atoms with Gasteiger partial charge in [-0.1, -0.05) is 41.4 Å². The minimum absolute atomic E-state index is 0.648. The Morgan fingerprint density at radius 3 is 2.50 bits per heavy atom. The maximum atomic E-state index is 5.96. The van der Waals surface area contributed by atoms with Gasteiger partial charge in [0.1, 0.15) is 5.82 Å². The molecule has 2 aromatic rings. The molecule has 0 amide bonds. The molecule has 0 saturated carbocycles. The predicted molar refractivity (Wildman–Crippen MR) is 69.0 cm³/mol. The maximum absolute atomic E-state index is 5.96. The third-order valence-corrected chi connectivity index (χ3v) is 2.66. The van der Waals surface area contributed by atoms with E-state index < -0.39 is 0 Å². The normalized spacial score (nSPS) is 10.2. The van der Waals surface area contributed by atoms with Gasteiger partial charge in [0.05, 0.1) is 5.02 Å². The molecule has 0 aliphatic carbocycles. The second-order valence-electron chi connectivity index (χ2n) is 3.67. The van der Waals surface area contributed by atoms with Crippen LogP contribution in [0.3, 0.4) is 0 Å². The summed E-state index contributed by atoms with van der Waals surface area (Å²) in [5.41, 5.74) is 3.38. The van der Waals surface area contributed by atoms with Gasteiger partial charge in [0, 0.05) is 18.8 Å². The lowest BCUT2D eigenvalue weighted by molar-refractivity contribution is 1.29. The average Bonchev–Trinajstić information content (AvgIpc) is 2.30. The van der Waals surface area contributed by atoms with E-state index in [2.05, 4.69) is 41.5 Å². The van der Waals surface area contributed by atoms with Gasteiger partial charge in [-0.25, -0.2) is 4.98 Å². The lowest BCUT2D eigenvalue weighted by Crippen LogP contribution is -1.95. The summed E-state index contributed by atoms with van der Waals surface area (Å²) in [5, 5.41) is 3.71. The topological polar surface area (TPSA) is 24.9 Å². The Labute approximate surface area is 100 Å². The summed E-state index contributed by atoms with van der Waals surface area (Å²) in [4.78, 5) is 4.25. The van der Waals surface area contributed by atoms with E-state index in [1.165, 1.54) is 5.56 Å². The number of pyridine rings is 1. The van der Waals surface area contributed by atoms with E-state index in [1.807, 2.05) is 13.1 Å². The van der Waals surface area contributed by atoms with E-state index in [0.717, 1.165) is 16.9 Å². The van der Waals surface area contributed by atoms with Crippen molar-refractivity contribution in [1.82, 2.24) is 4.98 Å². The number of nitrogens with zero attached hydrogens (tertiary/aromatic N) is 1. The number of aromatic nitrogens is 1. The van der Waals surface area contributed by atoms with Gasteiger partial charge < -0.3 is 5.32 Å². The largest absolute Gasteiger partial charge is 0.373 e. The van der Waals surface area contributed by atoms with Crippen LogP contribution >= 0.6 is 11.6 Å². The molecule has 82 valence electrons. The van der Waals surface area contributed by atoms with E-state index in [1.54, 1.807) is 6.20 Å². The molecule has 0 radical (unpaired) electrons. The Balaban J connectivity index is 2.53. The first-order valence-electron chi connectivity index (χ1n) is 5.11. The minimum Gasteiger partial charge on any atom is -0.373 e. The number of halogens is 1. The second-order valence-corrected chi connectivity index (χ2v) is 4.10. The first kappa shape index (κ1) is 11.0. The van der Waals surface area contributed by atoms with E-state index in [9.17, 15) is 0 Å². The van der Waals surface area contributed by atoms with Crippen molar-refractivity contribution in [1.29, 1.82) is 0 Å². The van der Waals surface area contributed by atoms with Crippen molar-refractivity contribution in [2.24, 2.45) is 0 Å². The molecule has 0 aliphatic rings. The van der Waals surface area contributed by atoms with Crippen LogP contribution in [0.2, 0.25) is 5.02 Å². The van der Waals surface area contributed by atoms with Gasteiger partial charge in [0.25, 0.3) is 0 Å². The number of nitrogens with one attached hydrogen (secondary N) is 1. The first-order chi connectivity index (χ1) is 7.70. The van der Waals surface area contributed by atoms with Crippen molar-refractivity contribution in [2.45, 2.75) is 6.92 Å². The molecule has 2 nitrogen and oxygen atoms in total. The van der Waals surface area contributed by atoms with Crippen molar-refractivity contribution in [3.05, 3.63) is 47.1 Å². The number of hydrogen-bond donors (Lipinski definition) is 1. The molecule has 0 atom stereocenters. The van der Waals surface area contributed by atoms with Crippen LogP contribution in [-0.4, -0.2) is 12.0 Å². The number of anilines is 1. The van der Waals surface area contributed by atoms with Gasteiger partial charge in [-0.05, 0) is 18.6 Å². The molecule has 0 bridgehead atoms. The van der Waals surface area contributed by atoms with Gasteiger partial charge in [-0.3, -0.25) is 0 Å². The molecule has 0 spiro atoms. The fourth-order valence-corrected chi connectivity index (χ4v) is 1.75. The summed E-state index contributed by atoms with van der Waals surface area (Å²) in [6.07, 6.45) is 1.64. The van der Waals surface area contributed by atoms with E-state index in [-0.39, 0.29) is 0 Å². The highest BCUT2D eigenvalue weighted by atomic mass is 35.5. The molecule has 0 unspecified atom stereocenters. The molecular formula is C13H13ClN2. The summed E-state index contributed by atoms with van der Waals surface area (Å²) in [7, 11) is 1.86. The van der Waals surface area contributed by atoms with Crippen LogP contribution in [0.1, 0.15) is 5.56 Å². The second kappa shape index (κ2) is 4.54. The molecule has 0 fully saturated rings. The van der Waals surface area contributed by atoms with E-state index >= 15 is 0 Å². The van der Waals surface area contributed by atoms with E-state index in [4.69, 9.17) is 11.6 Å². The molecular weight excluding hydrogens is 220 g/mol. The zero-order chi connectivity index (χ0) is 11.5. The lowest BCUT2D eigenvalue weighted by atomic mass is 10.1. The Morgan fingerprint density at radius 2 is 1.88 bits per heavy atom. The fourth-order valence-electron chi connectivity index (χ4n) is 1.59. The van der Waals surface area contributed by atoms with Gasteiger partial charge in [-0.2, -0.15) is 0 Å². The molecule has 1 heterocycles. The Morgan fingerprint density at radius 1 is 1.19 bits per heavy atom. The Hall–Kier alpha value is -1.54. The van der Waals surface area contributed by atoms with Crippen LogP contribution < -0.4 is 5.32 Å². The fraction of sp³-hybridized carbons (Fsp3) is 0.154. The summed E-state index contributed by atoms with van der Waals surface area (Å²) >= 11 is 5.96. The molecule has 1 N–H and O–H groups in total. The van der Waals surface area contributed by atoms with Crippen LogP contribution in [0.5, 0.6) is 0 Å². The summed E-state index contributed by atoms with van der Waals surface area (Å²) in [6.45, 7) is 2.07. The van der Waals surface area contributed by atoms with Gasteiger partial charge in [0.15, 0.2) is 0 Å². The highest BCUT2D eigenvalue weighted by Crippen LogP contribution is 2.28. The number of hydrogen-bond acceptors (Lipinski definition) is 2. The minimum atomic E-state index is 0.648. The first-order valence-corrected chi connectivity index (χ1v) is 5.49. The highest BCUT2D eigenvalue weighted by molar-refractivity contribution is 6.30. The molecule has 1 aromatic heterocycles. The molecule has 2 rings (SSSR count). The van der Waals surface area contributed by atoms with Gasteiger partial charge >= 0.3 is 0 Å². The summed E-state index contributed by atoms with van der Waals surface area (Å²) < 4.78 is 0. The van der Waals surface area contributed by atoms with Crippen molar-refractivity contribution < 1.29 is 0 Å². The van der Waals surface area contributed by atoms with Crippen molar-refractivity contribution in [3.8, 4) is 11.1 Å². The van der Waals surface area contributed by atoms with Crippen LogP contribution in [-0.2, 0) is 0 Å². The van der Waals surface area contributed by atoms with Crippen LogP contribution in [0.25, 0.3) is 11.1 Å². The third kappa shape index (κ3) is 2.17. The summed E-state index contributed by atoms with van der Waals surface area (Å²) in [6, 6.07) is 10.2. The summed E-state index contributed by atoms with van der Waals surface area (Å²) in [5.74, 6) is 0.841. The monoisotopic (exact) mass is 232 g/mol. The molecule has 16 heavy (non-hydrogen) atoms. The lowest BCUT2D eigenvalue weighted by Gasteiger charge is -2.08. The van der Waals surface area contributed by atoms with Gasteiger partial charge in [0.2, 0.25) is 0 Å². The number of rotatable bonds is 2. The molecule has 3 heteroatoms. The zero-order valence-electron chi connectivity index (χ0n) is 9.29. The maximum Gasteiger partial charge on any atom is 0.133 e. The third-order valence-electron chi connectivity index (χ3n) is 2.45. The molecule has 0 saturated heterocycles. The quantitative estimate of drug-likeness (QED) is 0.853. The Bertz CT molecular complexity index is 492.